The Bertz CT molecular complexity index is 1570. The maximum atomic E-state index is 13.4. The van der Waals surface area contributed by atoms with Gasteiger partial charge in [-0.2, -0.15) is 4.31 Å². The minimum atomic E-state index is -3.56. The van der Waals surface area contributed by atoms with Crippen molar-refractivity contribution < 1.29 is 8.42 Å². The number of sulfonamides is 1. The van der Waals surface area contributed by atoms with Crippen LogP contribution >= 0.6 is 15.9 Å². The molecular formula is C28H26BrN5O2S. The Morgan fingerprint density at radius 2 is 1.84 bits per heavy atom. The number of piperidine rings is 1. The zero-order chi connectivity index (χ0) is 25.4. The first-order valence-corrected chi connectivity index (χ1v) is 14.6. The fourth-order valence-corrected chi connectivity index (χ4v) is 7.02. The van der Waals surface area contributed by atoms with Crippen molar-refractivity contribution in [2.45, 2.75) is 30.3 Å². The molecule has 1 atom stereocenters. The fraction of sp³-hybridized carbons (Fsp3) is 0.250. The van der Waals surface area contributed by atoms with Crippen LogP contribution in [0.2, 0.25) is 0 Å². The molecule has 0 spiro atoms. The SMILES string of the molecule is O=S(=O)(c1ccc2ccccc2c1)N1CCC(C2=NC3=C(Br)C=NC3C(NCc3cccnc3)=C2)CC1. The van der Waals surface area contributed by atoms with Crippen molar-refractivity contribution in [1.29, 1.82) is 0 Å². The van der Waals surface area contributed by atoms with E-state index in [1.807, 2.05) is 54.9 Å². The molecule has 1 unspecified atom stereocenters. The minimum Gasteiger partial charge on any atom is -0.382 e. The van der Waals surface area contributed by atoms with Gasteiger partial charge in [-0.3, -0.25) is 15.0 Å². The van der Waals surface area contributed by atoms with E-state index in [4.69, 9.17) is 4.99 Å². The summed E-state index contributed by atoms with van der Waals surface area (Å²) in [6.45, 7) is 1.57. The average molecular weight is 577 g/mol. The summed E-state index contributed by atoms with van der Waals surface area (Å²) in [5.41, 5.74) is 3.97. The van der Waals surface area contributed by atoms with E-state index in [1.165, 1.54) is 0 Å². The first kappa shape index (κ1) is 24.2. The van der Waals surface area contributed by atoms with E-state index in [0.29, 0.717) is 37.4 Å². The van der Waals surface area contributed by atoms with Crippen LogP contribution in [0.1, 0.15) is 18.4 Å². The molecule has 37 heavy (non-hydrogen) atoms. The van der Waals surface area contributed by atoms with Gasteiger partial charge < -0.3 is 5.32 Å². The second-order valence-electron chi connectivity index (χ2n) is 9.45. The number of nitrogens with one attached hydrogen (secondary N) is 1. The summed E-state index contributed by atoms with van der Waals surface area (Å²) in [6.07, 6.45) is 8.96. The molecule has 188 valence electrons. The highest BCUT2D eigenvalue weighted by Crippen LogP contribution is 2.34. The normalized spacial score (nSPS) is 20.6. The van der Waals surface area contributed by atoms with Crippen molar-refractivity contribution in [1.82, 2.24) is 14.6 Å². The highest BCUT2D eigenvalue weighted by atomic mass is 79.9. The molecule has 4 heterocycles. The van der Waals surface area contributed by atoms with Crippen molar-refractivity contribution in [3.63, 3.8) is 0 Å². The molecule has 1 aromatic heterocycles. The molecule has 0 bridgehead atoms. The Labute approximate surface area is 224 Å². The first-order valence-electron chi connectivity index (χ1n) is 12.3. The number of aromatic nitrogens is 1. The molecule has 3 aliphatic rings. The number of halogens is 1. The molecule has 0 amide bonds. The zero-order valence-electron chi connectivity index (χ0n) is 20.1. The quantitative estimate of drug-likeness (QED) is 0.456. The Hall–Kier alpha value is -3.14. The van der Waals surface area contributed by atoms with E-state index in [1.54, 1.807) is 22.6 Å². The fourth-order valence-electron chi connectivity index (χ4n) is 5.09. The number of aliphatic imine (C=N–C) groups is 2. The summed E-state index contributed by atoms with van der Waals surface area (Å²) in [5, 5.41) is 5.49. The van der Waals surface area contributed by atoms with Gasteiger partial charge >= 0.3 is 0 Å². The number of dihydropyridines is 1. The monoisotopic (exact) mass is 575 g/mol. The molecule has 1 fully saturated rings. The highest BCUT2D eigenvalue weighted by Gasteiger charge is 2.34. The highest BCUT2D eigenvalue weighted by molar-refractivity contribution is 9.12. The van der Waals surface area contributed by atoms with E-state index in [2.05, 4.69) is 37.3 Å². The number of hydrogen-bond donors (Lipinski definition) is 1. The molecule has 2 aromatic carbocycles. The maximum absolute atomic E-state index is 13.4. The molecular weight excluding hydrogens is 550 g/mol. The molecule has 9 heteroatoms. The third kappa shape index (κ3) is 4.79. The molecule has 7 nitrogen and oxygen atoms in total. The van der Waals surface area contributed by atoms with Gasteiger partial charge in [-0.15, -0.1) is 0 Å². The summed E-state index contributed by atoms with van der Waals surface area (Å²) in [6, 6.07) is 17.0. The topological polar surface area (TPSA) is 87.0 Å². The summed E-state index contributed by atoms with van der Waals surface area (Å²) in [5.74, 6) is 0.174. The zero-order valence-corrected chi connectivity index (χ0v) is 22.5. The van der Waals surface area contributed by atoms with Gasteiger partial charge in [0.1, 0.15) is 6.04 Å². The number of allylic oxidation sites excluding steroid dienone is 2. The predicted molar refractivity (Wildman–Crippen MR) is 150 cm³/mol. The molecule has 3 aliphatic heterocycles. The number of fused-ring (bicyclic) bond motifs is 2. The van der Waals surface area contributed by atoms with Crippen LogP contribution in [0, 0.1) is 5.92 Å². The lowest BCUT2D eigenvalue weighted by molar-refractivity contribution is 0.316. The van der Waals surface area contributed by atoms with Gasteiger partial charge in [0.15, 0.2) is 0 Å². The van der Waals surface area contributed by atoms with Crippen molar-refractivity contribution in [2.75, 3.05) is 13.1 Å². The van der Waals surface area contributed by atoms with Crippen molar-refractivity contribution >= 4 is 48.7 Å². The van der Waals surface area contributed by atoms with Crippen LogP contribution < -0.4 is 5.32 Å². The smallest absolute Gasteiger partial charge is 0.243 e. The molecule has 6 rings (SSSR count). The number of rotatable bonds is 6. The first-order chi connectivity index (χ1) is 18.0. The van der Waals surface area contributed by atoms with E-state index in [9.17, 15) is 8.42 Å². The summed E-state index contributed by atoms with van der Waals surface area (Å²) >= 11 is 3.60. The second-order valence-corrected chi connectivity index (χ2v) is 12.2. The Kier molecular flexibility index (Phi) is 6.52. The number of pyridine rings is 1. The lowest BCUT2D eigenvalue weighted by Crippen LogP contribution is -2.40. The van der Waals surface area contributed by atoms with E-state index >= 15 is 0 Å². The van der Waals surface area contributed by atoms with Gasteiger partial charge in [-0.05, 0) is 69.4 Å². The Morgan fingerprint density at radius 3 is 2.62 bits per heavy atom. The molecule has 1 saturated heterocycles. The molecule has 0 radical (unpaired) electrons. The third-order valence-corrected chi connectivity index (χ3v) is 9.64. The van der Waals surface area contributed by atoms with Crippen molar-refractivity contribution in [3.8, 4) is 0 Å². The standard InChI is InChI=1S/C28H26BrN5O2S/c29-24-18-32-28-26(31-17-19-4-3-11-30-16-19)15-25(33-27(24)28)21-9-12-34(13-10-21)37(35,36)23-8-7-20-5-1-2-6-22(20)14-23/h1-8,11,14-16,18,21,28,31H,9-10,12-13,17H2. The molecule has 1 N–H and O–H groups in total. The Balaban J connectivity index is 1.19. The second kappa shape index (κ2) is 9.96. The van der Waals surface area contributed by atoms with Crippen LogP contribution in [0.3, 0.4) is 0 Å². The van der Waals surface area contributed by atoms with Crippen LogP contribution in [0.5, 0.6) is 0 Å². The third-order valence-electron chi connectivity index (χ3n) is 7.14. The number of nitrogens with zero attached hydrogens (tertiary/aromatic N) is 4. The molecule has 0 aliphatic carbocycles. The van der Waals surface area contributed by atoms with Gasteiger partial charge in [-0.25, -0.2) is 8.42 Å². The van der Waals surface area contributed by atoms with Crippen LogP contribution in [-0.4, -0.2) is 48.8 Å². The van der Waals surface area contributed by atoms with Crippen LogP contribution in [0.4, 0.5) is 0 Å². The summed E-state index contributed by atoms with van der Waals surface area (Å²) < 4.78 is 29.3. The number of benzene rings is 2. The van der Waals surface area contributed by atoms with Gasteiger partial charge in [-0.1, -0.05) is 36.4 Å². The van der Waals surface area contributed by atoms with Crippen LogP contribution in [-0.2, 0) is 16.6 Å². The van der Waals surface area contributed by atoms with E-state index < -0.39 is 10.0 Å². The summed E-state index contributed by atoms with van der Waals surface area (Å²) in [4.78, 5) is 14.1. The van der Waals surface area contributed by atoms with E-state index in [-0.39, 0.29) is 12.0 Å². The Morgan fingerprint density at radius 1 is 1.03 bits per heavy atom. The van der Waals surface area contributed by atoms with E-state index in [0.717, 1.165) is 37.9 Å². The van der Waals surface area contributed by atoms with Gasteiger partial charge in [0.2, 0.25) is 10.0 Å². The lowest BCUT2D eigenvalue weighted by atomic mass is 9.90. The van der Waals surface area contributed by atoms with Gasteiger partial charge in [0, 0.05) is 55.6 Å². The molecule has 3 aromatic rings. The molecule has 0 saturated carbocycles. The predicted octanol–water partition coefficient (Wildman–Crippen LogP) is 4.82. The van der Waals surface area contributed by atoms with Crippen molar-refractivity contribution in [3.05, 3.63) is 94.5 Å². The maximum Gasteiger partial charge on any atom is 0.243 e. The lowest BCUT2D eigenvalue weighted by Gasteiger charge is -2.33. The average Bonchev–Trinajstić information content (AvgIpc) is 3.32. The van der Waals surface area contributed by atoms with Gasteiger partial charge in [0.05, 0.1) is 15.1 Å². The largest absolute Gasteiger partial charge is 0.382 e. The summed E-state index contributed by atoms with van der Waals surface area (Å²) in [7, 11) is -3.56. The van der Waals surface area contributed by atoms with Crippen LogP contribution in [0.25, 0.3) is 10.8 Å². The van der Waals surface area contributed by atoms with Crippen LogP contribution in [0.15, 0.2) is 104 Å². The minimum absolute atomic E-state index is 0.150. The number of hydrogen-bond acceptors (Lipinski definition) is 6. The van der Waals surface area contributed by atoms with Gasteiger partial charge in [0.25, 0.3) is 0 Å². The van der Waals surface area contributed by atoms with Crippen molar-refractivity contribution in [2.24, 2.45) is 15.9 Å².